The second kappa shape index (κ2) is 9.13. The molecule has 1 N–H and O–H groups in total. The van der Waals surface area contributed by atoms with Crippen molar-refractivity contribution < 1.29 is 19.1 Å². The van der Waals surface area contributed by atoms with E-state index in [2.05, 4.69) is 5.32 Å². The van der Waals surface area contributed by atoms with Crippen LogP contribution in [0.5, 0.6) is 11.5 Å². The average Bonchev–Trinajstić information content (AvgIpc) is 2.62. The van der Waals surface area contributed by atoms with Crippen molar-refractivity contribution in [3.8, 4) is 11.5 Å². The van der Waals surface area contributed by atoms with Crippen LogP contribution in [0.3, 0.4) is 0 Å². The summed E-state index contributed by atoms with van der Waals surface area (Å²) in [5.41, 5.74) is 2.26. The molecule has 25 heavy (non-hydrogen) atoms. The standard InChI is InChI=1S/C19H21NO4S/c1-13(21)14-4-9-18(24-3)15(10-14)11-25-12-19(22)20-16-5-7-17(23-2)8-6-16/h4-10H,11-12H2,1-3H3,(H,20,22). The van der Waals surface area contributed by atoms with Crippen molar-refractivity contribution in [2.75, 3.05) is 25.3 Å². The monoisotopic (exact) mass is 359 g/mol. The van der Waals surface area contributed by atoms with Gasteiger partial charge in [0.05, 0.1) is 20.0 Å². The number of carbonyl (C=O) groups excluding carboxylic acids is 2. The van der Waals surface area contributed by atoms with Gasteiger partial charge in [-0.25, -0.2) is 0 Å². The molecule has 0 saturated carbocycles. The number of anilines is 1. The van der Waals surface area contributed by atoms with Crippen LogP contribution in [0.15, 0.2) is 42.5 Å². The van der Waals surface area contributed by atoms with Crippen molar-refractivity contribution in [1.82, 2.24) is 0 Å². The largest absolute Gasteiger partial charge is 0.497 e. The first-order valence-corrected chi connectivity index (χ1v) is 8.88. The Morgan fingerprint density at radius 2 is 1.76 bits per heavy atom. The van der Waals surface area contributed by atoms with Crippen LogP contribution in [0.25, 0.3) is 0 Å². The molecule has 2 aromatic rings. The normalized spacial score (nSPS) is 10.2. The molecule has 2 rings (SSSR count). The molecule has 0 radical (unpaired) electrons. The summed E-state index contributed by atoms with van der Waals surface area (Å²) >= 11 is 1.46. The van der Waals surface area contributed by atoms with E-state index in [9.17, 15) is 9.59 Å². The van der Waals surface area contributed by atoms with Crippen LogP contribution in [-0.2, 0) is 10.5 Å². The lowest BCUT2D eigenvalue weighted by Crippen LogP contribution is -2.14. The van der Waals surface area contributed by atoms with Crippen molar-refractivity contribution in [3.05, 3.63) is 53.6 Å². The molecule has 0 aliphatic rings. The van der Waals surface area contributed by atoms with Crippen molar-refractivity contribution >= 4 is 29.1 Å². The molecule has 132 valence electrons. The van der Waals surface area contributed by atoms with Gasteiger partial charge in [0.2, 0.25) is 5.91 Å². The number of carbonyl (C=O) groups is 2. The van der Waals surface area contributed by atoms with Gasteiger partial charge in [-0.05, 0) is 49.4 Å². The van der Waals surface area contributed by atoms with Gasteiger partial charge in [-0.1, -0.05) is 0 Å². The second-order valence-corrected chi connectivity index (χ2v) is 6.34. The maximum Gasteiger partial charge on any atom is 0.234 e. The fourth-order valence-corrected chi connectivity index (χ4v) is 3.04. The molecule has 1 amide bonds. The summed E-state index contributed by atoms with van der Waals surface area (Å²) < 4.78 is 10.4. The number of Topliss-reactive ketones (excluding diaryl/α,β-unsaturated/α-hetero) is 1. The number of ether oxygens (including phenoxy) is 2. The predicted octanol–water partition coefficient (Wildman–Crippen LogP) is 3.78. The van der Waals surface area contributed by atoms with E-state index in [0.29, 0.717) is 22.8 Å². The summed E-state index contributed by atoms with van der Waals surface area (Å²) in [6.45, 7) is 1.53. The molecule has 0 saturated heterocycles. The second-order valence-electron chi connectivity index (χ2n) is 5.35. The fraction of sp³-hybridized carbons (Fsp3) is 0.263. The molecule has 0 atom stereocenters. The van der Waals surface area contributed by atoms with Gasteiger partial charge in [-0.2, -0.15) is 0 Å². The maximum absolute atomic E-state index is 12.0. The highest BCUT2D eigenvalue weighted by atomic mass is 32.2. The first-order valence-electron chi connectivity index (χ1n) is 7.73. The highest BCUT2D eigenvalue weighted by molar-refractivity contribution is 7.99. The molecule has 0 aliphatic heterocycles. The first kappa shape index (κ1) is 18.9. The van der Waals surface area contributed by atoms with Crippen LogP contribution in [0.4, 0.5) is 5.69 Å². The SMILES string of the molecule is COc1ccc(NC(=O)CSCc2cc(C(C)=O)ccc2OC)cc1. The Bertz CT molecular complexity index is 744. The summed E-state index contributed by atoms with van der Waals surface area (Å²) in [5.74, 6) is 2.26. The van der Waals surface area contributed by atoms with Crippen LogP contribution in [0.1, 0.15) is 22.8 Å². The number of rotatable bonds is 8. The summed E-state index contributed by atoms with van der Waals surface area (Å²) in [6.07, 6.45) is 0. The molecule has 0 aliphatic carbocycles. The summed E-state index contributed by atoms with van der Waals surface area (Å²) in [6, 6.07) is 12.5. The predicted molar refractivity (Wildman–Crippen MR) is 101 cm³/mol. The van der Waals surface area contributed by atoms with Crippen LogP contribution < -0.4 is 14.8 Å². The van der Waals surface area contributed by atoms with E-state index < -0.39 is 0 Å². The quantitative estimate of drug-likeness (QED) is 0.727. The minimum Gasteiger partial charge on any atom is -0.497 e. The summed E-state index contributed by atoms with van der Waals surface area (Å²) in [5, 5.41) is 2.84. The van der Waals surface area contributed by atoms with Crippen molar-refractivity contribution in [1.29, 1.82) is 0 Å². The molecular formula is C19H21NO4S. The molecule has 5 nitrogen and oxygen atoms in total. The first-order chi connectivity index (χ1) is 12.0. The van der Waals surface area contributed by atoms with E-state index in [-0.39, 0.29) is 11.7 Å². The van der Waals surface area contributed by atoms with Crippen LogP contribution in [0, 0.1) is 0 Å². The Balaban J connectivity index is 1.89. The molecule has 6 heteroatoms. The fourth-order valence-electron chi connectivity index (χ4n) is 2.24. The minimum absolute atomic E-state index is 0.00570. The number of amides is 1. The van der Waals surface area contributed by atoms with E-state index in [1.165, 1.54) is 18.7 Å². The van der Waals surface area contributed by atoms with Crippen LogP contribution >= 0.6 is 11.8 Å². The van der Waals surface area contributed by atoms with Crippen LogP contribution in [0.2, 0.25) is 0 Å². The summed E-state index contributed by atoms with van der Waals surface area (Å²) in [7, 11) is 3.19. The highest BCUT2D eigenvalue weighted by Crippen LogP contribution is 2.25. The summed E-state index contributed by atoms with van der Waals surface area (Å²) in [4.78, 5) is 23.5. The van der Waals surface area contributed by atoms with E-state index in [0.717, 1.165) is 17.0 Å². The van der Waals surface area contributed by atoms with E-state index in [1.807, 2.05) is 6.07 Å². The Morgan fingerprint density at radius 3 is 2.36 bits per heavy atom. The van der Waals surface area contributed by atoms with Gasteiger partial charge in [0.1, 0.15) is 11.5 Å². The molecule has 0 aromatic heterocycles. The zero-order valence-corrected chi connectivity index (χ0v) is 15.3. The smallest absolute Gasteiger partial charge is 0.234 e. The number of nitrogens with one attached hydrogen (secondary N) is 1. The van der Waals surface area contributed by atoms with Gasteiger partial charge in [0.15, 0.2) is 5.78 Å². The van der Waals surface area contributed by atoms with E-state index in [4.69, 9.17) is 9.47 Å². The topological polar surface area (TPSA) is 64.6 Å². The number of methoxy groups -OCH3 is 2. The molecule has 2 aromatic carbocycles. The third kappa shape index (κ3) is 5.53. The zero-order valence-electron chi connectivity index (χ0n) is 14.5. The Hall–Kier alpha value is -2.47. The van der Waals surface area contributed by atoms with Crippen LogP contribution in [-0.4, -0.2) is 31.7 Å². The molecule has 0 fully saturated rings. The lowest BCUT2D eigenvalue weighted by molar-refractivity contribution is -0.113. The van der Waals surface area contributed by atoms with E-state index >= 15 is 0 Å². The van der Waals surface area contributed by atoms with Crippen molar-refractivity contribution in [2.24, 2.45) is 0 Å². The van der Waals surface area contributed by atoms with Crippen molar-refractivity contribution in [2.45, 2.75) is 12.7 Å². The number of benzene rings is 2. The number of hydrogen-bond donors (Lipinski definition) is 1. The number of hydrogen-bond acceptors (Lipinski definition) is 5. The van der Waals surface area contributed by atoms with Gasteiger partial charge in [-0.3, -0.25) is 9.59 Å². The van der Waals surface area contributed by atoms with Crippen molar-refractivity contribution in [3.63, 3.8) is 0 Å². The third-order valence-electron chi connectivity index (χ3n) is 3.55. The molecule has 0 spiro atoms. The van der Waals surface area contributed by atoms with Gasteiger partial charge in [-0.15, -0.1) is 11.8 Å². The average molecular weight is 359 g/mol. The Labute approximate surface area is 151 Å². The third-order valence-corrected chi connectivity index (χ3v) is 4.53. The lowest BCUT2D eigenvalue weighted by atomic mass is 10.1. The molecule has 0 heterocycles. The number of ketones is 1. The molecule has 0 bridgehead atoms. The van der Waals surface area contributed by atoms with Gasteiger partial charge in [0.25, 0.3) is 0 Å². The minimum atomic E-state index is -0.0862. The lowest BCUT2D eigenvalue weighted by Gasteiger charge is -2.10. The maximum atomic E-state index is 12.0. The van der Waals surface area contributed by atoms with Gasteiger partial charge >= 0.3 is 0 Å². The zero-order chi connectivity index (χ0) is 18.2. The Kier molecular flexibility index (Phi) is 6.89. The molecule has 0 unspecified atom stereocenters. The van der Waals surface area contributed by atoms with Gasteiger partial charge < -0.3 is 14.8 Å². The molecular weight excluding hydrogens is 338 g/mol. The Morgan fingerprint density at radius 1 is 1.04 bits per heavy atom. The highest BCUT2D eigenvalue weighted by Gasteiger charge is 2.09. The van der Waals surface area contributed by atoms with E-state index in [1.54, 1.807) is 50.6 Å². The van der Waals surface area contributed by atoms with Gasteiger partial charge in [0, 0.05) is 22.6 Å². The number of thioether (sulfide) groups is 1.